The van der Waals surface area contributed by atoms with Gasteiger partial charge in [-0.3, -0.25) is 5.10 Å². The largest absolute Gasteiger partial charge is 0.490 e. The lowest BCUT2D eigenvalue weighted by atomic mass is 9.88. The van der Waals surface area contributed by atoms with Crippen LogP contribution in [-0.2, 0) is 24.2 Å². The van der Waals surface area contributed by atoms with Gasteiger partial charge in [0.25, 0.3) is 0 Å². The predicted molar refractivity (Wildman–Crippen MR) is 104 cm³/mol. The van der Waals surface area contributed by atoms with Crippen LogP contribution < -0.4 is 0 Å². The summed E-state index contributed by atoms with van der Waals surface area (Å²) in [6, 6.07) is 8.35. The van der Waals surface area contributed by atoms with Crippen LogP contribution in [0.15, 0.2) is 35.0 Å². The molecule has 0 fully saturated rings. The maximum Gasteiger partial charge on any atom is 0.490 e. The number of carboxylic acids is 1. The van der Waals surface area contributed by atoms with Gasteiger partial charge < -0.3 is 14.5 Å². The average Bonchev–Trinajstić information content (AvgIpc) is 3.37. The Kier molecular flexibility index (Phi) is 6.74. The molecule has 2 aromatic heterocycles. The predicted octanol–water partition coefficient (Wildman–Crippen LogP) is 3.43. The number of aliphatic carboxylic acids is 1. The molecule has 4 rings (SSSR count). The number of aromatic amines is 1. The van der Waals surface area contributed by atoms with Gasteiger partial charge in [0.15, 0.2) is 0 Å². The normalized spacial score (nSPS) is 15.9. The molecule has 0 radical (unpaired) electrons. The summed E-state index contributed by atoms with van der Waals surface area (Å²) in [6.07, 6.45) is -0.271. The summed E-state index contributed by atoms with van der Waals surface area (Å²) in [5, 5.41) is 18.5. The summed E-state index contributed by atoms with van der Waals surface area (Å²) < 4.78 is 37.3. The lowest BCUT2D eigenvalue weighted by molar-refractivity contribution is -0.192. The van der Waals surface area contributed by atoms with Crippen molar-refractivity contribution in [2.75, 3.05) is 14.1 Å². The average molecular weight is 437 g/mol. The van der Waals surface area contributed by atoms with Crippen LogP contribution in [0.5, 0.6) is 0 Å². The minimum Gasteiger partial charge on any atom is -0.475 e. The fourth-order valence-corrected chi connectivity index (χ4v) is 3.27. The van der Waals surface area contributed by atoms with E-state index >= 15 is 0 Å². The molecular weight excluding hydrogens is 415 g/mol. The highest BCUT2D eigenvalue weighted by Crippen LogP contribution is 2.31. The van der Waals surface area contributed by atoms with Gasteiger partial charge in [0.05, 0.1) is 6.20 Å². The minimum absolute atomic E-state index is 0.282. The Labute approximate surface area is 176 Å². The van der Waals surface area contributed by atoms with Crippen molar-refractivity contribution in [3.8, 4) is 11.4 Å². The number of hydrogen-bond acceptors (Lipinski definition) is 6. The van der Waals surface area contributed by atoms with Crippen LogP contribution in [0.1, 0.15) is 35.1 Å². The van der Waals surface area contributed by atoms with Crippen LogP contribution in [0.3, 0.4) is 0 Å². The SMILES string of the molecule is CN(C)Cc1ccc(-c2noc(C3CCc4[nH]ncc4C3)n2)cc1.O=C(O)C(F)(F)F. The second-order valence-electron chi connectivity index (χ2n) is 7.51. The number of carbonyl (C=O) groups is 1. The van der Waals surface area contributed by atoms with Crippen LogP contribution in [0.4, 0.5) is 13.2 Å². The molecule has 11 heteroatoms. The molecular formula is C20H22F3N5O3. The van der Waals surface area contributed by atoms with Gasteiger partial charge in [0.1, 0.15) is 0 Å². The Balaban J connectivity index is 0.000000339. The Bertz CT molecular complexity index is 1010. The summed E-state index contributed by atoms with van der Waals surface area (Å²) in [5.41, 5.74) is 4.76. The Morgan fingerprint density at radius 2 is 1.97 bits per heavy atom. The maximum atomic E-state index is 10.6. The fourth-order valence-electron chi connectivity index (χ4n) is 3.27. The monoisotopic (exact) mass is 437 g/mol. The van der Waals surface area contributed by atoms with Crippen molar-refractivity contribution in [2.24, 2.45) is 0 Å². The van der Waals surface area contributed by atoms with E-state index in [2.05, 4.69) is 63.6 Å². The molecule has 1 unspecified atom stereocenters. The van der Waals surface area contributed by atoms with Crippen LogP contribution in [0.2, 0.25) is 0 Å². The highest BCUT2D eigenvalue weighted by atomic mass is 19.4. The van der Waals surface area contributed by atoms with Gasteiger partial charge in [-0.1, -0.05) is 29.4 Å². The van der Waals surface area contributed by atoms with E-state index in [1.54, 1.807) is 0 Å². The maximum absolute atomic E-state index is 10.6. The van der Waals surface area contributed by atoms with Gasteiger partial charge in [-0.2, -0.15) is 23.3 Å². The Hall–Kier alpha value is -3.21. The number of fused-ring (bicyclic) bond motifs is 1. The number of alkyl halides is 3. The molecule has 0 saturated carbocycles. The molecule has 1 aromatic carbocycles. The second-order valence-corrected chi connectivity index (χ2v) is 7.51. The Morgan fingerprint density at radius 1 is 1.29 bits per heavy atom. The number of benzene rings is 1. The standard InChI is InChI=1S/C18H21N5O.C2HF3O2/c1-23(2)11-12-3-5-13(6-4-12)17-20-18(24-22-17)14-7-8-16-15(9-14)10-19-21-16;3-2(4,5)1(6)7/h3-6,10,14H,7-9,11H2,1-2H3,(H,19,21);(H,6,7). The van der Waals surface area contributed by atoms with E-state index in [-0.39, 0.29) is 5.92 Å². The number of hydrogen-bond donors (Lipinski definition) is 2. The molecule has 0 spiro atoms. The lowest BCUT2D eigenvalue weighted by Crippen LogP contribution is -2.21. The van der Waals surface area contributed by atoms with E-state index < -0.39 is 12.1 Å². The van der Waals surface area contributed by atoms with E-state index in [1.165, 1.54) is 16.8 Å². The number of nitrogens with one attached hydrogen (secondary N) is 1. The molecule has 8 nitrogen and oxygen atoms in total. The molecule has 2 heterocycles. The van der Waals surface area contributed by atoms with Crippen LogP contribution in [0.25, 0.3) is 11.4 Å². The summed E-state index contributed by atoms with van der Waals surface area (Å²) in [7, 11) is 4.13. The molecule has 1 aliphatic carbocycles. The van der Waals surface area contributed by atoms with Crippen molar-refractivity contribution < 1.29 is 27.6 Å². The number of halogens is 3. The summed E-state index contributed by atoms with van der Waals surface area (Å²) in [5.74, 6) is -1.08. The number of rotatable bonds is 4. The Morgan fingerprint density at radius 3 is 2.58 bits per heavy atom. The first-order valence-corrected chi connectivity index (χ1v) is 9.52. The quantitative estimate of drug-likeness (QED) is 0.644. The molecule has 2 N–H and O–H groups in total. The van der Waals surface area contributed by atoms with Gasteiger partial charge >= 0.3 is 12.1 Å². The molecule has 31 heavy (non-hydrogen) atoms. The number of aromatic nitrogens is 4. The number of nitrogens with zero attached hydrogens (tertiary/aromatic N) is 4. The van der Waals surface area contributed by atoms with E-state index in [9.17, 15) is 13.2 Å². The third-order valence-corrected chi connectivity index (χ3v) is 4.76. The molecule has 166 valence electrons. The van der Waals surface area contributed by atoms with E-state index in [0.717, 1.165) is 37.3 Å². The van der Waals surface area contributed by atoms with E-state index in [4.69, 9.17) is 14.4 Å². The van der Waals surface area contributed by atoms with Gasteiger partial charge in [0, 0.05) is 23.7 Å². The smallest absolute Gasteiger partial charge is 0.475 e. The van der Waals surface area contributed by atoms with Crippen molar-refractivity contribution in [1.29, 1.82) is 0 Å². The first kappa shape index (κ1) is 22.5. The summed E-state index contributed by atoms with van der Waals surface area (Å²) >= 11 is 0. The first-order valence-electron chi connectivity index (χ1n) is 9.52. The van der Waals surface area contributed by atoms with Crippen molar-refractivity contribution in [1.82, 2.24) is 25.2 Å². The van der Waals surface area contributed by atoms with Crippen molar-refractivity contribution in [3.05, 3.63) is 53.2 Å². The van der Waals surface area contributed by atoms with Crippen molar-refractivity contribution >= 4 is 5.97 Å². The molecule has 0 aliphatic heterocycles. The zero-order valence-corrected chi connectivity index (χ0v) is 17.0. The van der Waals surface area contributed by atoms with E-state index in [0.29, 0.717) is 5.82 Å². The molecule has 1 aliphatic rings. The third-order valence-electron chi connectivity index (χ3n) is 4.76. The van der Waals surface area contributed by atoms with Crippen LogP contribution in [0, 0.1) is 0 Å². The highest BCUT2D eigenvalue weighted by molar-refractivity contribution is 5.73. The minimum atomic E-state index is -5.08. The molecule has 1 atom stereocenters. The highest BCUT2D eigenvalue weighted by Gasteiger charge is 2.38. The summed E-state index contributed by atoms with van der Waals surface area (Å²) in [4.78, 5) is 15.7. The van der Waals surface area contributed by atoms with Gasteiger partial charge in [-0.25, -0.2) is 4.79 Å². The van der Waals surface area contributed by atoms with Crippen LogP contribution >= 0.6 is 0 Å². The van der Waals surface area contributed by atoms with Crippen LogP contribution in [-0.4, -0.2) is 56.6 Å². The van der Waals surface area contributed by atoms with Gasteiger partial charge in [0.2, 0.25) is 11.7 Å². The van der Waals surface area contributed by atoms with Gasteiger partial charge in [-0.15, -0.1) is 0 Å². The zero-order valence-electron chi connectivity index (χ0n) is 17.0. The lowest BCUT2D eigenvalue weighted by Gasteiger charge is -2.17. The third kappa shape index (κ3) is 5.91. The number of H-pyrrole nitrogens is 1. The molecule has 0 amide bonds. The van der Waals surface area contributed by atoms with Crippen molar-refractivity contribution in [2.45, 2.75) is 37.9 Å². The molecule has 0 bridgehead atoms. The van der Waals surface area contributed by atoms with Crippen molar-refractivity contribution in [3.63, 3.8) is 0 Å². The second kappa shape index (κ2) is 9.29. The molecule has 3 aromatic rings. The van der Waals surface area contributed by atoms with Gasteiger partial charge in [-0.05, 0) is 44.5 Å². The zero-order chi connectivity index (χ0) is 22.6. The summed E-state index contributed by atoms with van der Waals surface area (Å²) in [6.45, 7) is 0.923. The number of carboxylic acid groups (broad SMARTS) is 1. The fraction of sp³-hybridized carbons (Fsp3) is 0.400. The molecule has 0 saturated heterocycles. The van der Waals surface area contributed by atoms with E-state index in [1.807, 2.05) is 6.20 Å². The number of aryl methyl sites for hydroxylation is 1. The topological polar surface area (TPSA) is 108 Å². The first-order chi connectivity index (χ1) is 14.6.